The van der Waals surface area contributed by atoms with Gasteiger partial charge in [-0.3, -0.25) is 0 Å². The minimum Gasteiger partial charge on any atom is -0.363 e. The molecule has 0 unspecified atom stereocenters. The molecular weight excluding hydrogens is 391 g/mol. The van der Waals surface area contributed by atoms with Crippen LogP contribution in [0.25, 0.3) is 10.9 Å². The molecule has 30 heavy (non-hydrogen) atoms. The van der Waals surface area contributed by atoms with E-state index in [1.54, 1.807) is 20.0 Å². The van der Waals surface area contributed by atoms with E-state index in [9.17, 15) is 13.2 Å². The zero-order valence-electron chi connectivity index (χ0n) is 17.0. The molecule has 1 aliphatic heterocycles. The lowest BCUT2D eigenvalue weighted by atomic mass is 10.0. The van der Waals surface area contributed by atoms with Gasteiger partial charge in [0.25, 0.3) is 6.43 Å². The first-order valence-electron chi connectivity index (χ1n) is 10.2. The maximum atomic E-state index is 14.6. The van der Waals surface area contributed by atoms with Gasteiger partial charge in [-0.25, -0.2) is 28.1 Å². The number of fused-ring (bicyclic) bond motifs is 1. The highest BCUT2D eigenvalue weighted by atomic mass is 19.3. The summed E-state index contributed by atoms with van der Waals surface area (Å²) in [6.07, 6.45) is 2.34. The maximum Gasteiger partial charge on any atom is 0.266 e. The van der Waals surface area contributed by atoms with Gasteiger partial charge in [-0.1, -0.05) is 18.2 Å². The molecule has 1 atom stereocenters. The zero-order chi connectivity index (χ0) is 21.3. The molecule has 3 heterocycles. The normalized spacial score (nSPS) is 15.6. The highest BCUT2D eigenvalue weighted by Crippen LogP contribution is 2.31. The molecule has 0 spiro atoms. The molecule has 0 saturated carbocycles. The second kappa shape index (κ2) is 8.45. The number of alkyl halides is 2. The molecule has 8 heteroatoms. The van der Waals surface area contributed by atoms with Crippen molar-refractivity contribution in [2.75, 3.05) is 23.3 Å². The van der Waals surface area contributed by atoms with E-state index in [0.717, 1.165) is 43.2 Å². The molecule has 5 nitrogen and oxygen atoms in total. The third kappa shape index (κ3) is 4.04. The van der Waals surface area contributed by atoms with Crippen molar-refractivity contribution in [2.24, 2.45) is 0 Å². The van der Waals surface area contributed by atoms with Gasteiger partial charge < -0.3 is 10.2 Å². The fourth-order valence-corrected chi connectivity index (χ4v) is 3.90. The number of aryl methyl sites for hydroxylation is 1. The lowest BCUT2D eigenvalue weighted by molar-refractivity contribution is 0.146. The first kappa shape index (κ1) is 20.4. The standard InChI is InChI=1S/C22H24F3N5/c1-13(15-7-6-8-16(20(15)23)21(24)25)27-22-17-11-19(30-9-4-3-5-10-30)26-12-18(17)28-14(2)29-22/h6-8,11-13,21H,3-5,9-10H2,1-2H3,(H,27,28,29)/t13-/m1/s1. The van der Waals surface area contributed by atoms with Gasteiger partial charge in [0, 0.05) is 24.0 Å². The number of hydrogen-bond acceptors (Lipinski definition) is 5. The first-order chi connectivity index (χ1) is 14.4. The van der Waals surface area contributed by atoms with E-state index in [4.69, 9.17) is 0 Å². The van der Waals surface area contributed by atoms with Crippen LogP contribution in [0, 0.1) is 12.7 Å². The lowest BCUT2D eigenvalue weighted by Gasteiger charge is -2.28. The topological polar surface area (TPSA) is 53.9 Å². The number of aromatic nitrogens is 3. The van der Waals surface area contributed by atoms with Crippen LogP contribution in [0.5, 0.6) is 0 Å². The quantitative estimate of drug-likeness (QED) is 0.590. The average molecular weight is 415 g/mol. The molecule has 3 aromatic rings. The summed E-state index contributed by atoms with van der Waals surface area (Å²) in [5, 5.41) is 3.97. The van der Waals surface area contributed by atoms with Crippen molar-refractivity contribution in [1.82, 2.24) is 15.0 Å². The summed E-state index contributed by atoms with van der Waals surface area (Å²) >= 11 is 0. The summed E-state index contributed by atoms with van der Waals surface area (Å²) in [4.78, 5) is 15.8. The van der Waals surface area contributed by atoms with E-state index in [1.807, 2.05) is 6.07 Å². The smallest absolute Gasteiger partial charge is 0.266 e. The predicted octanol–water partition coefficient (Wildman–Crippen LogP) is 5.57. The van der Waals surface area contributed by atoms with Crippen LogP contribution < -0.4 is 10.2 Å². The molecule has 1 N–H and O–H groups in total. The average Bonchev–Trinajstić information content (AvgIpc) is 2.74. The number of piperidine rings is 1. The van der Waals surface area contributed by atoms with Gasteiger partial charge in [-0.2, -0.15) is 0 Å². The Balaban J connectivity index is 1.70. The monoisotopic (exact) mass is 415 g/mol. The summed E-state index contributed by atoms with van der Waals surface area (Å²) in [5.74, 6) is 1.05. The zero-order valence-corrected chi connectivity index (χ0v) is 17.0. The van der Waals surface area contributed by atoms with Crippen molar-refractivity contribution < 1.29 is 13.2 Å². The van der Waals surface area contributed by atoms with Gasteiger partial charge in [-0.15, -0.1) is 0 Å². The summed E-state index contributed by atoms with van der Waals surface area (Å²) < 4.78 is 40.8. The number of pyridine rings is 1. The highest BCUT2D eigenvalue weighted by Gasteiger charge is 2.21. The van der Waals surface area contributed by atoms with E-state index < -0.39 is 23.8 Å². The summed E-state index contributed by atoms with van der Waals surface area (Å²) in [6, 6.07) is 5.45. The minimum atomic E-state index is -2.86. The number of anilines is 2. The molecule has 0 bridgehead atoms. The summed E-state index contributed by atoms with van der Waals surface area (Å²) in [6.45, 7) is 5.40. The van der Waals surface area contributed by atoms with Gasteiger partial charge in [0.15, 0.2) is 0 Å². The van der Waals surface area contributed by atoms with Crippen molar-refractivity contribution in [3.63, 3.8) is 0 Å². The van der Waals surface area contributed by atoms with Gasteiger partial charge in [0.1, 0.15) is 23.3 Å². The number of hydrogen-bond donors (Lipinski definition) is 1. The number of nitrogens with one attached hydrogen (secondary N) is 1. The second-order valence-corrected chi connectivity index (χ2v) is 7.64. The van der Waals surface area contributed by atoms with Crippen LogP contribution in [-0.4, -0.2) is 28.0 Å². The third-order valence-electron chi connectivity index (χ3n) is 5.47. The van der Waals surface area contributed by atoms with Gasteiger partial charge in [-0.05, 0) is 39.2 Å². The molecule has 2 aromatic heterocycles. The first-order valence-corrected chi connectivity index (χ1v) is 10.2. The Labute approximate surface area is 173 Å². The molecule has 158 valence electrons. The minimum absolute atomic E-state index is 0.169. The highest BCUT2D eigenvalue weighted by molar-refractivity contribution is 5.90. The van der Waals surface area contributed by atoms with Crippen LogP contribution in [0.1, 0.15) is 55.6 Å². The fourth-order valence-electron chi connectivity index (χ4n) is 3.90. The summed E-state index contributed by atoms with van der Waals surface area (Å²) in [7, 11) is 0. The van der Waals surface area contributed by atoms with Crippen molar-refractivity contribution in [3.05, 3.63) is 53.2 Å². The van der Waals surface area contributed by atoms with Crippen molar-refractivity contribution in [2.45, 2.75) is 45.6 Å². The van der Waals surface area contributed by atoms with E-state index in [-0.39, 0.29) is 5.56 Å². The molecule has 0 aliphatic carbocycles. The van der Waals surface area contributed by atoms with E-state index in [0.29, 0.717) is 17.2 Å². The van der Waals surface area contributed by atoms with Crippen LogP contribution in [-0.2, 0) is 0 Å². The van der Waals surface area contributed by atoms with Gasteiger partial charge in [0.05, 0.1) is 23.3 Å². The van der Waals surface area contributed by atoms with E-state index >= 15 is 0 Å². The van der Waals surface area contributed by atoms with Crippen molar-refractivity contribution in [3.8, 4) is 0 Å². The van der Waals surface area contributed by atoms with Gasteiger partial charge >= 0.3 is 0 Å². The molecule has 1 fully saturated rings. The number of halogens is 3. The molecule has 1 saturated heterocycles. The van der Waals surface area contributed by atoms with E-state index in [1.165, 1.54) is 18.6 Å². The number of rotatable bonds is 5. The number of benzene rings is 1. The predicted molar refractivity (Wildman–Crippen MR) is 112 cm³/mol. The molecule has 4 rings (SSSR count). The second-order valence-electron chi connectivity index (χ2n) is 7.64. The Bertz CT molecular complexity index is 1050. The Morgan fingerprint density at radius 2 is 1.80 bits per heavy atom. The fraction of sp³-hybridized carbons (Fsp3) is 0.409. The molecule has 0 amide bonds. The molecule has 1 aromatic carbocycles. The molecular formula is C22H24F3N5. The SMILES string of the molecule is Cc1nc(N[C@H](C)c2cccc(C(F)F)c2F)c2cc(N3CCCCC3)ncc2n1. The van der Waals surface area contributed by atoms with E-state index in [2.05, 4.69) is 25.2 Å². The third-order valence-corrected chi connectivity index (χ3v) is 5.47. The Morgan fingerprint density at radius 1 is 1.07 bits per heavy atom. The van der Waals surface area contributed by atoms with Crippen LogP contribution in [0.4, 0.5) is 24.8 Å². The van der Waals surface area contributed by atoms with Crippen molar-refractivity contribution in [1.29, 1.82) is 0 Å². The van der Waals surface area contributed by atoms with Crippen LogP contribution in [0.2, 0.25) is 0 Å². The van der Waals surface area contributed by atoms with Crippen LogP contribution >= 0.6 is 0 Å². The number of nitrogens with zero attached hydrogens (tertiary/aromatic N) is 4. The van der Waals surface area contributed by atoms with Crippen molar-refractivity contribution >= 4 is 22.5 Å². The van der Waals surface area contributed by atoms with Crippen LogP contribution in [0.15, 0.2) is 30.5 Å². The van der Waals surface area contributed by atoms with Gasteiger partial charge in [0.2, 0.25) is 0 Å². The maximum absolute atomic E-state index is 14.6. The molecule has 1 aliphatic rings. The lowest BCUT2D eigenvalue weighted by Crippen LogP contribution is -2.30. The van der Waals surface area contributed by atoms with Crippen LogP contribution in [0.3, 0.4) is 0 Å². The largest absolute Gasteiger partial charge is 0.363 e. The summed E-state index contributed by atoms with van der Waals surface area (Å²) in [5.41, 5.74) is 0.253. The Kier molecular flexibility index (Phi) is 5.74. The Hall–Kier alpha value is -2.90. The molecule has 0 radical (unpaired) electrons. The Morgan fingerprint density at radius 3 is 2.53 bits per heavy atom.